The summed E-state index contributed by atoms with van der Waals surface area (Å²) in [6, 6.07) is 14.5. The van der Waals surface area contributed by atoms with E-state index in [0.717, 1.165) is 45.2 Å². The summed E-state index contributed by atoms with van der Waals surface area (Å²) in [5, 5.41) is 5.83. The smallest absolute Gasteiger partial charge is 0.150 e. The zero-order valence-corrected chi connectivity index (χ0v) is 15.6. The maximum Gasteiger partial charge on any atom is 0.150 e. The number of carbonyl (C=O) groups is 1. The van der Waals surface area contributed by atoms with Gasteiger partial charge >= 0.3 is 0 Å². The van der Waals surface area contributed by atoms with Crippen molar-refractivity contribution in [1.82, 2.24) is 15.0 Å². The average Bonchev–Trinajstić information content (AvgIpc) is 3.13. The van der Waals surface area contributed by atoms with E-state index in [4.69, 9.17) is 0 Å². The molecule has 1 saturated carbocycles. The summed E-state index contributed by atoms with van der Waals surface area (Å²) >= 11 is 0. The van der Waals surface area contributed by atoms with Gasteiger partial charge in [-0.3, -0.25) is 4.79 Å². The van der Waals surface area contributed by atoms with E-state index < -0.39 is 0 Å². The highest BCUT2D eigenvalue weighted by atomic mass is 16.1. The van der Waals surface area contributed by atoms with Gasteiger partial charge in [0.05, 0.1) is 5.39 Å². The fourth-order valence-corrected chi connectivity index (χ4v) is 4.21. The third-order valence-corrected chi connectivity index (χ3v) is 5.72. The van der Waals surface area contributed by atoms with Crippen LogP contribution < -0.4 is 5.32 Å². The van der Waals surface area contributed by atoms with E-state index in [1.165, 1.54) is 32.1 Å². The van der Waals surface area contributed by atoms with Gasteiger partial charge in [0.1, 0.15) is 24.1 Å². The number of H-pyrrole nitrogens is 1. The standard InChI is InChI=1S/C23H22N4O/c28-13-15-6-8-16(9-7-15)17-10-11-20-19(12-17)21-22(24-14-25-23(21)27-20)26-18-4-2-1-3-5-18/h6-14,18H,1-5H2,(H2,24,25,26,27). The summed E-state index contributed by atoms with van der Waals surface area (Å²) in [7, 11) is 0. The summed E-state index contributed by atoms with van der Waals surface area (Å²) in [4.78, 5) is 23.4. The number of aromatic amines is 1. The van der Waals surface area contributed by atoms with Gasteiger partial charge in [-0.2, -0.15) is 0 Å². The van der Waals surface area contributed by atoms with Crippen molar-refractivity contribution < 1.29 is 4.79 Å². The molecule has 2 heterocycles. The molecule has 0 atom stereocenters. The average molecular weight is 370 g/mol. The highest BCUT2D eigenvalue weighted by molar-refractivity contribution is 6.12. The summed E-state index contributed by atoms with van der Waals surface area (Å²) in [5.41, 5.74) is 4.79. The van der Waals surface area contributed by atoms with E-state index in [0.29, 0.717) is 11.6 Å². The second kappa shape index (κ2) is 7.08. The number of hydrogen-bond acceptors (Lipinski definition) is 4. The molecule has 28 heavy (non-hydrogen) atoms. The summed E-state index contributed by atoms with van der Waals surface area (Å²) in [6.45, 7) is 0. The molecule has 2 N–H and O–H groups in total. The molecule has 4 aromatic rings. The number of carbonyl (C=O) groups excluding carboxylic acids is 1. The van der Waals surface area contributed by atoms with Crippen molar-refractivity contribution in [1.29, 1.82) is 0 Å². The third-order valence-electron chi connectivity index (χ3n) is 5.72. The van der Waals surface area contributed by atoms with Gasteiger partial charge in [-0.15, -0.1) is 0 Å². The number of hydrogen-bond donors (Lipinski definition) is 2. The van der Waals surface area contributed by atoms with Crippen LogP contribution in [0.2, 0.25) is 0 Å². The van der Waals surface area contributed by atoms with Crippen LogP contribution >= 0.6 is 0 Å². The lowest BCUT2D eigenvalue weighted by Crippen LogP contribution is -2.22. The normalized spacial score (nSPS) is 15.1. The highest BCUT2D eigenvalue weighted by Gasteiger charge is 2.17. The van der Waals surface area contributed by atoms with E-state index in [1.807, 2.05) is 24.3 Å². The van der Waals surface area contributed by atoms with Crippen LogP contribution in [0.4, 0.5) is 5.82 Å². The number of aldehydes is 1. The molecule has 0 spiro atoms. The maximum atomic E-state index is 10.9. The molecule has 0 radical (unpaired) electrons. The molecule has 1 aliphatic carbocycles. The lowest BCUT2D eigenvalue weighted by Gasteiger charge is -2.23. The van der Waals surface area contributed by atoms with Gasteiger partial charge in [-0.25, -0.2) is 9.97 Å². The van der Waals surface area contributed by atoms with Crippen LogP contribution in [0.25, 0.3) is 33.1 Å². The molecule has 0 bridgehead atoms. The van der Waals surface area contributed by atoms with Crippen LogP contribution in [0.3, 0.4) is 0 Å². The van der Waals surface area contributed by atoms with E-state index in [9.17, 15) is 4.79 Å². The van der Waals surface area contributed by atoms with Crippen molar-refractivity contribution in [2.75, 3.05) is 5.32 Å². The lowest BCUT2D eigenvalue weighted by molar-refractivity contribution is 0.112. The van der Waals surface area contributed by atoms with Crippen LogP contribution in [-0.2, 0) is 0 Å². The van der Waals surface area contributed by atoms with E-state index >= 15 is 0 Å². The van der Waals surface area contributed by atoms with E-state index in [-0.39, 0.29) is 0 Å². The Morgan fingerprint density at radius 1 is 0.964 bits per heavy atom. The molecule has 5 rings (SSSR count). The van der Waals surface area contributed by atoms with Gasteiger partial charge in [-0.1, -0.05) is 49.6 Å². The Bertz CT molecular complexity index is 1140. The zero-order chi connectivity index (χ0) is 18.9. The van der Waals surface area contributed by atoms with Gasteiger partial charge in [0.15, 0.2) is 0 Å². The minimum absolute atomic E-state index is 0.482. The molecule has 2 aromatic heterocycles. The second-order valence-corrected chi connectivity index (χ2v) is 7.55. The molecular formula is C23H22N4O. The SMILES string of the molecule is O=Cc1ccc(-c2ccc3[nH]c4ncnc(NC5CCCCC5)c4c3c2)cc1. The molecule has 0 amide bonds. The number of rotatable bonds is 4. The van der Waals surface area contributed by atoms with Gasteiger partial charge in [0.2, 0.25) is 0 Å². The lowest BCUT2D eigenvalue weighted by atomic mass is 9.95. The Morgan fingerprint density at radius 2 is 1.75 bits per heavy atom. The number of nitrogens with zero attached hydrogens (tertiary/aromatic N) is 2. The molecule has 0 aliphatic heterocycles. The summed E-state index contributed by atoms with van der Waals surface area (Å²) < 4.78 is 0. The summed E-state index contributed by atoms with van der Waals surface area (Å²) in [6.07, 6.45) is 8.78. The topological polar surface area (TPSA) is 70.7 Å². The van der Waals surface area contributed by atoms with Crippen LogP contribution in [-0.4, -0.2) is 27.3 Å². The molecule has 1 aliphatic rings. The number of anilines is 1. The van der Waals surface area contributed by atoms with E-state index in [2.05, 4.69) is 38.5 Å². The molecule has 0 saturated heterocycles. The zero-order valence-electron chi connectivity index (χ0n) is 15.6. The van der Waals surface area contributed by atoms with Gasteiger partial charge in [0.25, 0.3) is 0 Å². The molecule has 5 heteroatoms. The number of benzene rings is 2. The van der Waals surface area contributed by atoms with Crippen molar-refractivity contribution in [2.45, 2.75) is 38.1 Å². The second-order valence-electron chi connectivity index (χ2n) is 7.55. The number of aromatic nitrogens is 3. The maximum absolute atomic E-state index is 10.9. The molecule has 140 valence electrons. The van der Waals surface area contributed by atoms with Crippen LogP contribution in [0.1, 0.15) is 42.5 Å². The predicted molar refractivity (Wildman–Crippen MR) is 113 cm³/mol. The molecule has 2 aromatic carbocycles. The first kappa shape index (κ1) is 16.9. The number of nitrogens with one attached hydrogen (secondary N) is 2. The molecule has 5 nitrogen and oxygen atoms in total. The van der Waals surface area contributed by atoms with Gasteiger partial charge in [0, 0.05) is 22.5 Å². The summed E-state index contributed by atoms with van der Waals surface area (Å²) in [5.74, 6) is 0.914. The van der Waals surface area contributed by atoms with Gasteiger partial charge < -0.3 is 10.3 Å². The van der Waals surface area contributed by atoms with Crippen molar-refractivity contribution in [2.24, 2.45) is 0 Å². The van der Waals surface area contributed by atoms with Crippen LogP contribution in [0.15, 0.2) is 48.8 Å². The van der Waals surface area contributed by atoms with Crippen molar-refractivity contribution in [3.8, 4) is 11.1 Å². The fraction of sp³-hybridized carbons (Fsp3) is 0.261. The van der Waals surface area contributed by atoms with Crippen LogP contribution in [0.5, 0.6) is 0 Å². The van der Waals surface area contributed by atoms with Gasteiger partial charge in [-0.05, 0) is 36.1 Å². The van der Waals surface area contributed by atoms with Crippen molar-refractivity contribution in [3.63, 3.8) is 0 Å². The highest BCUT2D eigenvalue weighted by Crippen LogP contribution is 2.33. The Labute approximate surface area is 163 Å². The quantitative estimate of drug-likeness (QED) is 0.476. The molecule has 0 unspecified atom stereocenters. The van der Waals surface area contributed by atoms with E-state index in [1.54, 1.807) is 6.33 Å². The first-order valence-corrected chi connectivity index (χ1v) is 9.90. The van der Waals surface area contributed by atoms with Crippen LogP contribution in [0, 0.1) is 0 Å². The number of fused-ring (bicyclic) bond motifs is 3. The Kier molecular flexibility index (Phi) is 4.28. The largest absolute Gasteiger partial charge is 0.367 e. The first-order chi connectivity index (χ1) is 13.8. The molecule has 1 fully saturated rings. The minimum Gasteiger partial charge on any atom is -0.367 e. The predicted octanol–water partition coefficient (Wildman–Crippen LogP) is 5.34. The Hall–Kier alpha value is -3.21. The fourth-order valence-electron chi connectivity index (χ4n) is 4.21. The third kappa shape index (κ3) is 3.03. The van der Waals surface area contributed by atoms with Crippen molar-refractivity contribution in [3.05, 3.63) is 54.4 Å². The monoisotopic (exact) mass is 370 g/mol. The Morgan fingerprint density at radius 3 is 2.54 bits per heavy atom. The molecular weight excluding hydrogens is 348 g/mol. The van der Waals surface area contributed by atoms with Crippen molar-refractivity contribution >= 4 is 34.0 Å². The first-order valence-electron chi connectivity index (χ1n) is 9.90. The minimum atomic E-state index is 0.482. The Balaban J connectivity index is 1.60.